The van der Waals surface area contributed by atoms with Crippen LogP contribution in [0.4, 0.5) is 0 Å². The first kappa shape index (κ1) is 12.7. The number of aliphatic carboxylic acids is 1. The van der Waals surface area contributed by atoms with Crippen LogP contribution in [0.5, 0.6) is 0 Å². The zero-order valence-electron chi connectivity index (χ0n) is 9.33. The summed E-state index contributed by atoms with van der Waals surface area (Å²) in [5.74, 6) is -0.933. The summed E-state index contributed by atoms with van der Waals surface area (Å²) >= 11 is 11.9. The van der Waals surface area contributed by atoms with Crippen molar-refractivity contribution in [3.63, 3.8) is 0 Å². The molecule has 1 N–H and O–H groups in total. The lowest BCUT2D eigenvalue weighted by Gasteiger charge is -2.29. The van der Waals surface area contributed by atoms with Gasteiger partial charge in [-0.2, -0.15) is 0 Å². The standard InChI is InChI=1S/C13H14Cl2O2/c14-11-6-5-8(7-12(11)15)9-3-1-2-4-10(9)13(16)17/h5-7,9-10H,1-4H2,(H,16,17). The molecule has 1 aromatic carbocycles. The molecule has 0 spiro atoms. The van der Waals surface area contributed by atoms with E-state index in [4.69, 9.17) is 23.2 Å². The highest BCUT2D eigenvalue weighted by atomic mass is 35.5. The summed E-state index contributed by atoms with van der Waals surface area (Å²) in [4.78, 5) is 11.2. The molecular formula is C13H14Cl2O2. The van der Waals surface area contributed by atoms with Gasteiger partial charge in [-0.05, 0) is 36.5 Å². The number of hydrogen-bond acceptors (Lipinski definition) is 1. The third kappa shape index (κ3) is 2.75. The van der Waals surface area contributed by atoms with E-state index >= 15 is 0 Å². The molecule has 0 radical (unpaired) electrons. The van der Waals surface area contributed by atoms with Gasteiger partial charge in [0.25, 0.3) is 0 Å². The number of benzene rings is 1. The predicted octanol–water partition coefficient (Wildman–Crippen LogP) is 4.35. The van der Waals surface area contributed by atoms with Crippen LogP contribution in [0.2, 0.25) is 10.0 Å². The quantitative estimate of drug-likeness (QED) is 0.869. The smallest absolute Gasteiger partial charge is 0.307 e. The largest absolute Gasteiger partial charge is 0.481 e. The van der Waals surface area contributed by atoms with Crippen molar-refractivity contribution in [3.05, 3.63) is 33.8 Å². The van der Waals surface area contributed by atoms with E-state index in [0.29, 0.717) is 10.0 Å². The van der Waals surface area contributed by atoms with Gasteiger partial charge in [-0.3, -0.25) is 4.79 Å². The predicted molar refractivity (Wildman–Crippen MR) is 68.8 cm³/mol. The molecule has 1 aromatic rings. The average Bonchev–Trinajstić information content (AvgIpc) is 2.32. The summed E-state index contributed by atoms with van der Waals surface area (Å²) in [6.45, 7) is 0. The number of halogens is 2. The van der Waals surface area contributed by atoms with Gasteiger partial charge < -0.3 is 5.11 Å². The van der Waals surface area contributed by atoms with E-state index in [-0.39, 0.29) is 11.8 Å². The molecule has 4 heteroatoms. The Balaban J connectivity index is 2.29. The molecule has 1 aliphatic rings. The normalized spacial score (nSPS) is 24.6. The molecule has 1 saturated carbocycles. The van der Waals surface area contributed by atoms with Crippen molar-refractivity contribution >= 4 is 29.2 Å². The van der Waals surface area contributed by atoms with E-state index in [1.165, 1.54) is 0 Å². The lowest BCUT2D eigenvalue weighted by Crippen LogP contribution is -2.25. The van der Waals surface area contributed by atoms with E-state index in [2.05, 4.69) is 0 Å². The van der Waals surface area contributed by atoms with Crippen LogP contribution in [-0.4, -0.2) is 11.1 Å². The summed E-state index contributed by atoms with van der Waals surface area (Å²) in [7, 11) is 0. The molecule has 0 saturated heterocycles. The molecule has 0 amide bonds. The SMILES string of the molecule is O=C(O)C1CCCCC1c1ccc(Cl)c(Cl)c1. The van der Waals surface area contributed by atoms with Crippen molar-refractivity contribution in [3.8, 4) is 0 Å². The Bertz CT molecular complexity index is 431. The van der Waals surface area contributed by atoms with Crippen LogP contribution in [0.25, 0.3) is 0 Å². The van der Waals surface area contributed by atoms with E-state index in [0.717, 1.165) is 31.2 Å². The second kappa shape index (κ2) is 5.28. The summed E-state index contributed by atoms with van der Waals surface area (Å²) in [5, 5.41) is 10.2. The van der Waals surface area contributed by atoms with Crippen molar-refractivity contribution in [1.82, 2.24) is 0 Å². The summed E-state index contributed by atoms with van der Waals surface area (Å²) in [6.07, 6.45) is 3.73. The highest BCUT2D eigenvalue weighted by molar-refractivity contribution is 6.42. The number of rotatable bonds is 2. The van der Waals surface area contributed by atoms with Gasteiger partial charge in [-0.1, -0.05) is 42.1 Å². The van der Waals surface area contributed by atoms with Gasteiger partial charge in [0.2, 0.25) is 0 Å². The Morgan fingerprint density at radius 1 is 1.18 bits per heavy atom. The van der Waals surface area contributed by atoms with Gasteiger partial charge in [0, 0.05) is 0 Å². The minimum atomic E-state index is -0.708. The Kier molecular flexibility index (Phi) is 3.95. The number of hydrogen-bond donors (Lipinski definition) is 1. The minimum absolute atomic E-state index is 0.0658. The van der Waals surface area contributed by atoms with Gasteiger partial charge in [0.05, 0.1) is 16.0 Å². The number of carbonyl (C=O) groups is 1. The summed E-state index contributed by atoms with van der Waals surface area (Å²) in [6, 6.07) is 5.43. The molecule has 0 heterocycles. The Morgan fingerprint density at radius 3 is 2.53 bits per heavy atom. The lowest BCUT2D eigenvalue weighted by molar-refractivity contribution is -0.143. The van der Waals surface area contributed by atoms with Crippen LogP contribution in [0.1, 0.15) is 37.2 Å². The van der Waals surface area contributed by atoms with Crippen molar-refractivity contribution in [2.24, 2.45) is 5.92 Å². The van der Waals surface area contributed by atoms with Gasteiger partial charge >= 0.3 is 5.97 Å². The number of carboxylic acid groups (broad SMARTS) is 1. The van der Waals surface area contributed by atoms with E-state index in [9.17, 15) is 9.90 Å². The van der Waals surface area contributed by atoms with Gasteiger partial charge in [-0.25, -0.2) is 0 Å². The molecular weight excluding hydrogens is 259 g/mol. The molecule has 2 atom stereocenters. The average molecular weight is 273 g/mol. The van der Waals surface area contributed by atoms with Crippen LogP contribution in [0.3, 0.4) is 0 Å². The third-order valence-electron chi connectivity index (χ3n) is 3.45. The zero-order valence-corrected chi connectivity index (χ0v) is 10.8. The second-order valence-corrected chi connectivity index (χ2v) is 5.32. The first-order valence-corrected chi connectivity index (χ1v) is 6.53. The van der Waals surface area contributed by atoms with Gasteiger partial charge in [0.15, 0.2) is 0 Å². The third-order valence-corrected chi connectivity index (χ3v) is 4.19. The first-order chi connectivity index (χ1) is 8.09. The lowest BCUT2D eigenvalue weighted by atomic mass is 9.75. The van der Waals surface area contributed by atoms with Gasteiger partial charge in [0.1, 0.15) is 0 Å². The summed E-state index contributed by atoms with van der Waals surface area (Å²) in [5.41, 5.74) is 0.992. The van der Waals surface area contributed by atoms with Crippen molar-refractivity contribution in [2.75, 3.05) is 0 Å². The molecule has 2 unspecified atom stereocenters. The molecule has 0 aliphatic heterocycles. The van der Waals surface area contributed by atoms with Crippen LogP contribution in [-0.2, 0) is 4.79 Å². The fourth-order valence-corrected chi connectivity index (χ4v) is 2.87. The van der Waals surface area contributed by atoms with Crippen molar-refractivity contribution in [1.29, 1.82) is 0 Å². The first-order valence-electron chi connectivity index (χ1n) is 5.77. The van der Waals surface area contributed by atoms with Crippen molar-refractivity contribution < 1.29 is 9.90 Å². The highest BCUT2D eigenvalue weighted by Crippen LogP contribution is 2.39. The second-order valence-electron chi connectivity index (χ2n) is 4.51. The van der Waals surface area contributed by atoms with E-state index in [1.807, 2.05) is 6.07 Å². The van der Waals surface area contributed by atoms with Crippen LogP contribution in [0, 0.1) is 5.92 Å². The summed E-state index contributed by atoms with van der Waals surface area (Å²) < 4.78 is 0. The minimum Gasteiger partial charge on any atom is -0.481 e. The number of carboxylic acids is 1. The molecule has 0 bridgehead atoms. The molecule has 2 nitrogen and oxygen atoms in total. The Morgan fingerprint density at radius 2 is 1.88 bits per heavy atom. The van der Waals surface area contributed by atoms with E-state index < -0.39 is 5.97 Å². The van der Waals surface area contributed by atoms with Crippen molar-refractivity contribution in [2.45, 2.75) is 31.6 Å². The molecule has 92 valence electrons. The molecule has 1 fully saturated rings. The molecule has 2 rings (SSSR count). The Labute approximate surface area is 111 Å². The fourth-order valence-electron chi connectivity index (χ4n) is 2.57. The molecule has 17 heavy (non-hydrogen) atoms. The van der Waals surface area contributed by atoms with Gasteiger partial charge in [-0.15, -0.1) is 0 Å². The monoisotopic (exact) mass is 272 g/mol. The molecule has 1 aliphatic carbocycles. The maximum atomic E-state index is 11.2. The molecule has 0 aromatic heterocycles. The maximum absolute atomic E-state index is 11.2. The maximum Gasteiger partial charge on any atom is 0.307 e. The van der Waals surface area contributed by atoms with E-state index in [1.54, 1.807) is 12.1 Å². The van der Waals surface area contributed by atoms with Crippen LogP contribution < -0.4 is 0 Å². The fraction of sp³-hybridized carbons (Fsp3) is 0.462. The topological polar surface area (TPSA) is 37.3 Å². The highest BCUT2D eigenvalue weighted by Gasteiger charge is 2.31. The Hall–Kier alpha value is -0.730. The van der Waals surface area contributed by atoms with Crippen LogP contribution >= 0.6 is 23.2 Å². The van der Waals surface area contributed by atoms with Crippen LogP contribution in [0.15, 0.2) is 18.2 Å². The zero-order chi connectivity index (χ0) is 12.4.